The molecule has 1 fully saturated rings. The maximum Gasteiger partial charge on any atom is 0.295 e. The summed E-state index contributed by atoms with van der Waals surface area (Å²) in [7, 11) is -1.73. The number of Topliss-reactive ketones (excluding diaryl/α,β-unsaturated/α-hetero) is 1. The second-order valence-electron chi connectivity index (χ2n) is 7.42. The molecule has 9 heteroatoms. The normalized spacial score (nSPS) is 15.7. The Hall–Kier alpha value is -2.52. The summed E-state index contributed by atoms with van der Waals surface area (Å²) in [5.41, 5.74) is 2.29. The second-order valence-corrected chi connectivity index (χ2v) is 9.47. The van der Waals surface area contributed by atoms with Crippen LogP contribution in [-0.4, -0.2) is 71.5 Å². The first-order valence-electron chi connectivity index (χ1n) is 9.49. The van der Waals surface area contributed by atoms with E-state index in [1.54, 1.807) is 25.6 Å². The Morgan fingerprint density at radius 1 is 1.10 bits per heavy atom. The molecular formula is C20H26N4O4S. The van der Waals surface area contributed by atoms with E-state index in [0.717, 1.165) is 5.69 Å². The number of benzene rings is 1. The predicted octanol–water partition coefficient (Wildman–Crippen LogP) is 1.55. The molecule has 1 aliphatic heterocycles. The maximum absolute atomic E-state index is 13.0. The number of hydrogen-bond acceptors (Lipinski definition) is 5. The molecule has 156 valence electrons. The SMILES string of the molecule is Cc1nn(-c2ccccc2)c(C)c1C(=O)C(=O)N1CCC(N(C)S(C)(=O)=O)CC1. The summed E-state index contributed by atoms with van der Waals surface area (Å²) in [4.78, 5) is 27.3. The van der Waals surface area contributed by atoms with E-state index in [1.165, 1.54) is 15.5 Å². The van der Waals surface area contributed by atoms with Crippen LogP contribution in [0.4, 0.5) is 0 Å². The Kier molecular flexibility index (Phi) is 5.90. The lowest BCUT2D eigenvalue weighted by Crippen LogP contribution is -2.48. The lowest BCUT2D eigenvalue weighted by molar-refractivity contribution is -0.127. The highest BCUT2D eigenvalue weighted by Gasteiger charge is 2.33. The predicted molar refractivity (Wildman–Crippen MR) is 110 cm³/mol. The van der Waals surface area contributed by atoms with Crippen molar-refractivity contribution in [1.29, 1.82) is 0 Å². The number of rotatable bonds is 5. The van der Waals surface area contributed by atoms with Gasteiger partial charge < -0.3 is 4.90 Å². The zero-order valence-electron chi connectivity index (χ0n) is 17.1. The van der Waals surface area contributed by atoms with Gasteiger partial charge in [0.1, 0.15) is 0 Å². The smallest absolute Gasteiger partial charge is 0.295 e. The molecule has 0 saturated carbocycles. The van der Waals surface area contributed by atoms with E-state index in [9.17, 15) is 18.0 Å². The van der Waals surface area contributed by atoms with Crippen LogP contribution in [0, 0.1) is 13.8 Å². The third kappa shape index (κ3) is 4.25. The van der Waals surface area contributed by atoms with Gasteiger partial charge in [-0.15, -0.1) is 0 Å². The van der Waals surface area contributed by atoms with Crippen LogP contribution in [0.15, 0.2) is 30.3 Å². The molecule has 0 atom stereocenters. The lowest BCUT2D eigenvalue weighted by Gasteiger charge is -2.35. The Morgan fingerprint density at radius 2 is 1.69 bits per heavy atom. The molecule has 1 saturated heterocycles. The number of likely N-dealkylation sites (tertiary alicyclic amines) is 1. The quantitative estimate of drug-likeness (QED) is 0.543. The van der Waals surface area contributed by atoms with Crippen molar-refractivity contribution in [3.05, 3.63) is 47.3 Å². The summed E-state index contributed by atoms with van der Waals surface area (Å²) in [5, 5.41) is 4.44. The molecule has 1 aromatic heterocycles. The van der Waals surface area contributed by atoms with Crippen molar-refractivity contribution in [2.45, 2.75) is 32.7 Å². The van der Waals surface area contributed by atoms with Crippen LogP contribution >= 0.6 is 0 Å². The first kappa shape index (κ1) is 21.2. The van der Waals surface area contributed by atoms with Crippen LogP contribution in [0.3, 0.4) is 0 Å². The number of sulfonamides is 1. The number of piperidine rings is 1. The van der Waals surface area contributed by atoms with E-state index in [-0.39, 0.29) is 6.04 Å². The highest BCUT2D eigenvalue weighted by Crippen LogP contribution is 2.22. The number of nitrogens with zero attached hydrogens (tertiary/aromatic N) is 4. The summed E-state index contributed by atoms with van der Waals surface area (Å²) in [6.07, 6.45) is 2.18. The molecule has 8 nitrogen and oxygen atoms in total. The van der Waals surface area contributed by atoms with Crippen LogP contribution in [0.1, 0.15) is 34.6 Å². The molecule has 1 aromatic carbocycles. The average molecular weight is 419 g/mol. The summed E-state index contributed by atoms with van der Waals surface area (Å²) in [5.74, 6) is -1.14. The second kappa shape index (κ2) is 8.08. The molecule has 1 aliphatic rings. The number of amides is 1. The Balaban J connectivity index is 1.75. The Bertz CT molecular complexity index is 1020. The molecule has 0 aliphatic carbocycles. The Labute approximate surface area is 171 Å². The van der Waals surface area contributed by atoms with Gasteiger partial charge in [0.15, 0.2) is 0 Å². The fraction of sp³-hybridized carbons (Fsp3) is 0.450. The minimum Gasteiger partial charge on any atom is -0.336 e. The van der Waals surface area contributed by atoms with Crippen molar-refractivity contribution < 1.29 is 18.0 Å². The number of hydrogen-bond donors (Lipinski definition) is 0. The van der Waals surface area contributed by atoms with Gasteiger partial charge >= 0.3 is 0 Å². The van der Waals surface area contributed by atoms with Crippen LogP contribution in [0.5, 0.6) is 0 Å². The van der Waals surface area contributed by atoms with Gasteiger partial charge in [0, 0.05) is 26.2 Å². The molecule has 0 unspecified atom stereocenters. The first-order valence-corrected chi connectivity index (χ1v) is 11.3. The fourth-order valence-electron chi connectivity index (χ4n) is 3.75. The van der Waals surface area contributed by atoms with Crippen molar-refractivity contribution in [2.75, 3.05) is 26.4 Å². The summed E-state index contributed by atoms with van der Waals surface area (Å²) < 4.78 is 26.4. The molecule has 0 radical (unpaired) electrons. The zero-order chi connectivity index (χ0) is 21.3. The van der Waals surface area contributed by atoms with E-state index in [4.69, 9.17) is 0 Å². The number of aromatic nitrogens is 2. The van der Waals surface area contributed by atoms with E-state index in [1.807, 2.05) is 30.3 Å². The van der Waals surface area contributed by atoms with E-state index in [2.05, 4.69) is 5.10 Å². The number of carbonyl (C=O) groups excluding carboxylic acids is 2. The van der Waals surface area contributed by atoms with E-state index >= 15 is 0 Å². The van der Waals surface area contributed by atoms with Gasteiger partial charge in [0.05, 0.1) is 28.9 Å². The molecule has 29 heavy (non-hydrogen) atoms. The van der Waals surface area contributed by atoms with Crippen LogP contribution in [0.25, 0.3) is 5.69 Å². The Morgan fingerprint density at radius 3 is 2.24 bits per heavy atom. The first-order chi connectivity index (χ1) is 13.6. The standard InChI is InChI=1S/C20H26N4O4S/c1-14-18(15(2)24(21-14)17-8-6-5-7-9-17)19(25)20(26)23-12-10-16(11-13-23)22(3)29(4,27)28/h5-9,16H,10-13H2,1-4H3. The summed E-state index contributed by atoms with van der Waals surface area (Å²) in [6.45, 7) is 4.20. The molecule has 0 N–H and O–H groups in total. The third-order valence-electron chi connectivity index (χ3n) is 5.50. The number of aryl methyl sites for hydroxylation is 1. The van der Waals surface area contributed by atoms with Crippen LogP contribution in [0.2, 0.25) is 0 Å². The number of carbonyl (C=O) groups is 2. The largest absolute Gasteiger partial charge is 0.336 e. The van der Waals surface area contributed by atoms with Gasteiger partial charge in [-0.1, -0.05) is 18.2 Å². The van der Waals surface area contributed by atoms with Gasteiger partial charge in [0.2, 0.25) is 10.0 Å². The monoisotopic (exact) mass is 418 g/mol. The van der Waals surface area contributed by atoms with Gasteiger partial charge in [-0.25, -0.2) is 17.4 Å². The van der Waals surface area contributed by atoms with Crippen molar-refractivity contribution in [2.24, 2.45) is 0 Å². The van der Waals surface area contributed by atoms with Crippen LogP contribution < -0.4 is 0 Å². The maximum atomic E-state index is 13.0. The molecule has 0 spiro atoms. The topological polar surface area (TPSA) is 92.6 Å². The van der Waals surface area contributed by atoms with E-state index in [0.29, 0.717) is 42.9 Å². The van der Waals surface area contributed by atoms with Crippen molar-refractivity contribution >= 4 is 21.7 Å². The fourth-order valence-corrected chi connectivity index (χ4v) is 4.50. The van der Waals surface area contributed by atoms with Crippen molar-refractivity contribution in [1.82, 2.24) is 19.0 Å². The molecule has 1 amide bonds. The van der Waals surface area contributed by atoms with Gasteiger partial charge in [0.25, 0.3) is 11.7 Å². The molecule has 2 heterocycles. The molecule has 0 bridgehead atoms. The molecule has 3 rings (SSSR count). The minimum absolute atomic E-state index is 0.159. The summed E-state index contributed by atoms with van der Waals surface area (Å²) >= 11 is 0. The minimum atomic E-state index is -3.28. The summed E-state index contributed by atoms with van der Waals surface area (Å²) in [6, 6.07) is 9.28. The molecular weight excluding hydrogens is 392 g/mol. The van der Waals surface area contributed by atoms with E-state index < -0.39 is 21.7 Å². The highest BCUT2D eigenvalue weighted by molar-refractivity contribution is 7.88. The van der Waals surface area contributed by atoms with Crippen LogP contribution in [-0.2, 0) is 14.8 Å². The van der Waals surface area contributed by atoms with Crippen molar-refractivity contribution in [3.63, 3.8) is 0 Å². The van der Waals surface area contributed by atoms with Crippen molar-refractivity contribution in [3.8, 4) is 5.69 Å². The third-order valence-corrected chi connectivity index (χ3v) is 6.85. The number of ketones is 1. The lowest BCUT2D eigenvalue weighted by atomic mass is 10.0. The zero-order valence-corrected chi connectivity index (χ0v) is 17.9. The van der Waals surface area contributed by atoms with Gasteiger partial charge in [-0.3, -0.25) is 9.59 Å². The highest BCUT2D eigenvalue weighted by atomic mass is 32.2. The number of para-hydroxylation sites is 1. The molecule has 2 aromatic rings. The van der Waals surface area contributed by atoms with Gasteiger partial charge in [-0.2, -0.15) is 5.10 Å². The van der Waals surface area contributed by atoms with Gasteiger partial charge in [-0.05, 0) is 38.8 Å². The average Bonchev–Trinajstić information content (AvgIpc) is 3.00.